The first-order chi connectivity index (χ1) is 15.1. The third kappa shape index (κ3) is 7.78. The van der Waals surface area contributed by atoms with Crippen LogP contribution in [0.2, 0.25) is 0 Å². The summed E-state index contributed by atoms with van der Waals surface area (Å²) in [7, 11) is -4.05. The number of unbranched alkanes of at least 4 members (excludes halogenated alkanes) is 1. The molecule has 2 rings (SSSR count). The number of carbonyl (C=O) groups excluding carboxylic acids is 1. The van der Waals surface area contributed by atoms with E-state index in [1.54, 1.807) is 24.3 Å². The standard InChI is InChI=1S/C22H28N4O5S/c1-15-5-11-18(12-6-15)32(30,31)26-19(14-20(27)28)22(29)25-13-3-2-4-16-7-9-17(10-8-16)21(23)24/h5-12,19,26H,2-4,13-14H2,1H3,(H3,23,24)(H,25,29)(H,27,28)/t19-/m1/s1. The largest absolute Gasteiger partial charge is 0.481 e. The van der Waals surface area contributed by atoms with E-state index in [1.807, 2.05) is 19.1 Å². The van der Waals surface area contributed by atoms with Crippen molar-refractivity contribution < 1.29 is 23.1 Å². The number of amides is 1. The van der Waals surface area contributed by atoms with Gasteiger partial charge in [0.15, 0.2) is 0 Å². The topological polar surface area (TPSA) is 162 Å². The maximum atomic E-state index is 12.5. The zero-order chi connectivity index (χ0) is 23.7. The summed E-state index contributed by atoms with van der Waals surface area (Å²) in [5.41, 5.74) is 8.02. The van der Waals surface area contributed by atoms with Crippen LogP contribution >= 0.6 is 0 Å². The fraction of sp³-hybridized carbons (Fsp3) is 0.318. The number of aliphatic carboxylic acids is 1. The molecule has 2 aromatic rings. The number of carboxylic acid groups (broad SMARTS) is 1. The molecule has 0 aliphatic rings. The predicted molar refractivity (Wildman–Crippen MR) is 121 cm³/mol. The lowest BCUT2D eigenvalue weighted by Gasteiger charge is -2.17. The van der Waals surface area contributed by atoms with Gasteiger partial charge >= 0.3 is 5.97 Å². The molecule has 0 aliphatic heterocycles. The van der Waals surface area contributed by atoms with Crippen LogP contribution in [-0.2, 0) is 26.0 Å². The van der Waals surface area contributed by atoms with Crippen LogP contribution in [0.4, 0.5) is 0 Å². The number of carbonyl (C=O) groups is 2. The zero-order valence-electron chi connectivity index (χ0n) is 17.8. The van der Waals surface area contributed by atoms with Gasteiger partial charge < -0.3 is 16.2 Å². The van der Waals surface area contributed by atoms with Crippen molar-refractivity contribution in [2.75, 3.05) is 6.54 Å². The zero-order valence-corrected chi connectivity index (χ0v) is 18.6. The summed E-state index contributed by atoms with van der Waals surface area (Å²) >= 11 is 0. The van der Waals surface area contributed by atoms with Gasteiger partial charge in [-0.25, -0.2) is 8.42 Å². The Morgan fingerprint density at radius 1 is 1.06 bits per heavy atom. The summed E-state index contributed by atoms with van der Waals surface area (Å²) in [6, 6.07) is 11.9. The number of nitrogens with two attached hydrogens (primary N) is 1. The minimum atomic E-state index is -4.05. The van der Waals surface area contributed by atoms with Gasteiger partial charge in [0.1, 0.15) is 11.9 Å². The number of benzene rings is 2. The van der Waals surface area contributed by atoms with E-state index in [2.05, 4.69) is 10.0 Å². The van der Waals surface area contributed by atoms with Crippen LogP contribution in [0.3, 0.4) is 0 Å². The minimum absolute atomic E-state index is 0.00757. The average molecular weight is 461 g/mol. The third-order valence-electron chi connectivity index (χ3n) is 4.78. The molecule has 172 valence electrons. The number of hydrogen-bond acceptors (Lipinski definition) is 5. The second-order valence-corrected chi connectivity index (χ2v) is 9.16. The van der Waals surface area contributed by atoms with E-state index in [4.69, 9.17) is 16.2 Å². The van der Waals surface area contributed by atoms with E-state index < -0.39 is 34.4 Å². The molecular formula is C22H28N4O5S. The Hall–Kier alpha value is -3.24. The first kappa shape index (κ1) is 25.0. The molecule has 1 amide bonds. The Bertz CT molecular complexity index is 1050. The van der Waals surface area contributed by atoms with Crippen LogP contribution in [0.1, 0.15) is 36.0 Å². The second kappa shape index (κ2) is 11.4. The highest BCUT2D eigenvalue weighted by molar-refractivity contribution is 7.89. The van der Waals surface area contributed by atoms with Gasteiger partial charge in [-0.2, -0.15) is 4.72 Å². The summed E-state index contributed by atoms with van der Waals surface area (Å²) < 4.78 is 27.3. The summed E-state index contributed by atoms with van der Waals surface area (Å²) in [5, 5.41) is 19.1. The molecular weight excluding hydrogens is 432 g/mol. The lowest BCUT2D eigenvalue weighted by molar-refractivity contribution is -0.139. The molecule has 0 saturated carbocycles. The van der Waals surface area contributed by atoms with Crippen molar-refractivity contribution in [1.82, 2.24) is 10.0 Å². The van der Waals surface area contributed by atoms with Crippen molar-refractivity contribution in [2.45, 2.75) is 43.5 Å². The number of rotatable bonds is 12. The molecule has 32 heavy (non-hydrogen) atoms. The van der Waals surface area contributed by atoms with Gasteiger partial charge in [-0.05, 0) is 43.9 Å². The molecule has 2 aromatic carbocycles. The van der Waals surface area contributed by atoms with Crippen LogP contribution in [0, 0.1) is 12.3 Å². The van der Waals surface area contributed by atoms with Gasteiger partial charge in [0.25, 0.3) is 0 Å². The first-order valence-corrected chi connectivity index (χ1v) is 11.6. The highest BCUT2D eigenvalue weighted by Gasteiger charge is 2.27. The summed E-state index contributed by atoms with van der Waals surface area (Å²) in [6.07, 6.45) is 1.48. The van der Waals surface area contributed by atoms with E-state index in [1.165, 1.54) is 12.1 Å². The number of hydrogen-bond donors (Lipinski definition) is 5. The number of amidine groups is 1. The normalized spacial score (nSPS) is 12.2. The van der Waals surface area contributed by atoms with E-state index in [0.29, 0.717) is 12.0 Å². The van der Waals surface area contributed by atoms with Crippen LogP contribution in [0.25, 0.3) is 0 Å². The fourth-order valence-electron chi connectivity index (χ4n) is 2.98. The Morgan fingerprint density at radius 2 is 1.69 bits per heavy atom. The summed E-state index contributed by atoms with van der Waals surface area (Å²) in [6.45, 7) is 2.10. The van der Waals surface area contributed by atoms with E-state index >= 15 is 0 Å². The molecule has 0 aliphatic carbocycles. The fourth-order valence-corrected chi connectivity index (χ4v) is 4.17. The SMILES string of the molecule is Cc1ccc(S(=O)(=O)N[C@H](CC(=O)O)C(=O)NCCCCc2ccc(C(=N)N)cc2)cc1. The van der Waals surface area contributed by atoms with Gasteiger partial charge in [-0.3, -0.25) is 15.0 Å². The Kier molecular flexibility index (Phi) is 8.91. The van der Waals surface area contributed by atoms with E-state index in [9.17, 15) is 18.0 Å². The van der Waals surface area contributed by atoms with Crippen molar-refractivity contribution in [1.29, 1.82) is 5.41 Å². The van der Waals surface area contributed by atoms with Crippen molar-refractivity contribution >= 4 is 27.7 Å². The predicted octanol–water partition coefficient (Wildman–Crippen LogP) is 1.54. The molecule has 0 aromatic heterocycles. The van der Waals surface area contributed by atoms with E-state index in [0.717, 1.165) is 24.0 Å². The van der Waals surface area contributed by atoms with Crippen LogP contribution in [0.15, 0.2) is 53.4 Å². The molecule has 0 unspecified atom stereocenters. The average Bonchev–Trinajstić information content (AvgIpc) is 2.73. The minimum Gasteiger partial charge on any atom is -0.481 e. The molecule has 0 bridgehead atoms. The highest BCUT2D eigenvalue weighted by atomic mass is 32.2. The molecule has 10 heteroatoms. The van der Waals surface area contributed by atoms with E-state index in [-0.39, 0.29) is 17.3 Å². The maximum absolute atomic E-state index is 12.5. The lowest BCUT2D eigenvalue weighted by atomic mass is 10.1. The molecule has 6 N–H and O–H groups in total. The quantitative estimate of drug-likeness (QED) is 0.183. The molecule has 0 spiro atoms. The lowest BCUT2D eigenvalue weighted by Crippen LogP contribution is -2.48. The van der Waals surface area contributed by atoms with Gasteiger partial charge in [0, 0.05) is 12.1 Å². The molecule has 0 heterocycles. The molecule has 0 radical (unpaired) electrons. The molecule has 9 nitrogen and oxygen atoms in total. The molecule has 0 fully saturated rings. The summed E-state index contributed by atoms with van der Waals surface area (Å²) in [4.78, 5) is 23.5. The molecule has 0 saturated heterocycles. The first-order valence-electron chi connectivity index (χ1n) is 10.1. The van der Waals surface area contributed by atoms with Crippen LogP contribution < -0.4 is 15.8 Å². The number of carboxylic acids is 1. The smallest absolute Gasteiger partial charge is 0.305 e. The second-order valence-electron chi connectivity index (χ2n) is 7.44. The number of aryl methyl sites for hydroxylation is 2. The van der Waals surface area contributed by atoms with Crippen molar-refractivity contribution in [3.05, 3.63) is 65.2 Å². The van der Waals surface area contributed by atoms with Gasteiger partial charge in [0.2, 0.25) is 15.9 Å². The number of nitrogen functional groups attached to an aromatic ring is 1. The van der Waals surface area contributed by atoms with Crippen molar-refractivity contribution in [3.8, 4) is 0 Å². The highest BCUT2D eigenvalue weighted by Crippen LogP contribution is 2.12. The Labute approximate surface area is 187 Å². The van der Waals surface area contributed by atoms with Crippen molar-refractivity contribution in [3.63, 3.8) is 0 Å². The number of sulfonamides is 1. The Morgan fingerprint density at radius 3 is 2.25 bits per heavy atom. The summed E-state index contributed by atoms with van der Waals surface area (Å²) in [5.74, 6) is -1.96. The van der Waals surface area contributed by atoms with Gasteiger partial charge in [-0.1, -0.05) is 42.0 Å². The maximum Gasteiger partial charge on any atom is 0.305 e. The van der Waals surface area contributed by atoms with Gasteiger partial charge in [0.05, 0.1) is 11.3 Å². The van der Waals surface area contributed by atoms with Crippen LogP contribution in [-0.4, -0.2) is 43.8 Å². The van der Waals surface area contributed by atoms with Crippen LogP contribution in [0.5, 0.6) is 0 Å². The van der Waals surface area contributed by atoms with Gasteiger partial charge in [-0.15, -0.1) is 0 Å². The monoisotopic (exact) mass is 460 g/mol. The number of nitrogens with one attached hydrogen (secondary N) is 3. The molecule has 1 atom stereocenters. The Balaban J connectivity index is 1.87. The third-order valence-corrected chi connectivity index (χ3v) is 6.27. The van der Waals surface area contributed by atoms with Crippen molar-refractivity contribution in [2.24, 2.45) is 5.73 Å².